The maximum Gasteiger partial charge on any atom is 0.222 e. The van der Waals surface area contributed by atoms with Crippen molar-refractivity contribution in [1.82, 2.24) is 4.90 Å². The number of nitrogens with two attached hydrogens (primary N) is 1. The summed E-state index contributed by atoms with van der Waals surface area (Å²) in [5, 5.41) is 8.82. The highest BCUT2D eigenvalue weighted by atomic mass is 16.3. The molecule has 1 aliphatic rings. The molecule has 1 aliphatic heterocycles. The molecule has 0 unspecified atom stereocenters. The number of aliphatic hydroxyl groups excluding tert-OH is 1. The molecule has 0 spiro atoms. The van der Waals surface area contributed by atoms with Crippen LogP contribution in [0.4, 0.5) is 0 Å². The van der Waals surface area contributed by atoms with Crippen molar-refractivity contribution < 1.29 is 9.90 Å². The van der Waals surface area contributed by atoms with Crippen molar-refractivity contribution in [2.24, 2.45) is 5.73 Å². The van der Waals surface area contributed by atoms with E-state index in [9.17, 15) is 4.79 Å². The summed E-state index contributed by atoms with van der Waals surface area (Å²) >= 11 is 0. The van der Waals surface area contributed by atoms with E-state index < -0.39 is 6.23 Å². The molecule has 82 valence electrons. The highest BCUT2D eigenvalue weighted by Gasteiger charge is 2.18. The fraction of sp³-hybridized carbons (Fsp3) is 0.900. The van der Waals surface area contributed by atoms with Gasteiger partial charge in [0, 0.05) is 19.5 Å². The molecule has 4 heteroatoms. The quantitative estimate of drug-likeness (QED) is 0.483. The second-order valence-corrected chi connectivity index (χ2v) is 3.90. The van der Waals surface area contributed by atoms with E-state index >= 15 is 0 Å². The summed E-state index contributed by atoms with van der Waals surface area (Å²) in [6, 6.07) is 0. The molecule has 1 saturated heterocycles. The fourth-order valence-corrected chi connectivity index (χ4v) is 1.77. The van der Waals surface area contributed by atoms with Gasteiger partial charge in [-0.1, -0.05) is 6.42 Å². The minimum Gasteiger partial charge on any atom is -0.379 e. The molecule has 1 heterocycles. The first-order valence-corrected chi connectivity index (χ1v) is 5.41. The maximum absolute atomic E-state index is 11.2. The van der Waals surface area contributed by atoms with Crippen molar-refractivity contribution >= 4 is 5.91 Å². The predicted molar refractivity (Wildman–Crippen MR) is 54.5 cm³/mol. The molecular weight excluding hydrogens is 180 g/mol. The smallest absolute Gasteiger partial charge is 0.222 e. The zero-order valence-corrected chi connectivity index (χ0v) is 8.61. The number of hydrogen-bond acceptors (Lipinski definition) is 3. The molecule has 0 aromatic heterocycles. The van der Waals surface area contributed by atoms with Crippen LogP contribution in [-0.4, -0.2) is 35.2 Å². The lowest BCUT2D eigenvalue weighted by molar-refractivity contribution is -0.127. The topological polar surface area (TPSA) is 66.6 Å². The Hall–Kier alpha value is -0.610. The van der Waals surface area contributed by atoms with Crippen LogP contribution in [0.1, 0.15) is 38.5 Å². The van der Waals surface area contributed by atoms with Gasteiger partial charge >= 0.3 is 0 Å². The molecule has 0 aliphatic carbocycles. The Morgan fingerprint density at radius 3 is 2.79 bits per heavy atom. The van der Waals surface area contributed by atoms with Crippen LogP contribution in [-0.2, 0) is 4.79 Å². The molecule has 1 rings (SSSR count). The van der Waals surface area contributed by atoms with E-state index in [1.807, 2.05) is 4.90 Å². The van der Waals surface area contributed by atoms with Crippen molar-refractivity contribution in [1.29, 1.82) is 0 Å². The lowest BCUT2D eigenvalue weighted by Gasteiger charge is -2.14. The van der Waals surface area contributed by atoms with Crippen LogP contribution in [0, 0.1) is 0 Å². The van der Waals surface area contributed by atoms with Crippen LogP contribution in [0.5, 0.6) is 0 Å². The first-order chi connectivity index (χ1) is 6.70. The van der Waals surface area contributed by atoms with E-state index in [-0.39, 0.29) is 0 Å². The summed E-state index contributed by atoms with van der Waals surface area (Å²) in [5.41, 5.74) is 5.21. The summed E-state index contributed by atoms with van der Waals surface area (Å²) in [4.78, 5) is 13.1. The van der Waals surface area contributed by atoms with Crippen LogP contribution in [0.2, 0.25) is 0 Å². The van der Waals surface area contributed by atoms with Crippen LogP contribution in [0.25, 0.3) is 0 Å². The number of likely N-dealkylation sites (tertiary alicyclic amines) is 1. The number of unbranched alkanes of at least 4 members (excludes halogenated alkanes) is 2. The van der Waals surface area contributed by atoms with E-state index in [1.54, 1.807) is 0 Å². The monoisotopic (exact) mass is 200 g/mol. The molecule has 1 fully saturated rings. The Balaban J connectivity index is 1.96. The third-order valence-electron chi connectivity index (χ3n) is 2.60. The first kappa shape index (κ1) is 11.5. The van der Waals surface area contributed by atoms with Gasteiger partial charge in [0.2, 0.25) is 5.91 Å². The lowest BCUT2D eigenvalue weighted by atomic mass is 10.2. The molecule has 1 atom stereocenters. The van der Waals surface area contributed by atoms with Gasteiger partial charge in [-0.15, -0.1) is 0 Å². The Labute approximate surface area is 85.1 Å². The molecule has 1 amide bonds. The molecular formula is C10H20N2O2. The number of rotatable bonds is 6. The Morgan fingerprint density at radius 2 is 2.21 bits per heavy atom. The third kappa shape index (κ3) is 4.07. The zero-order valence-electron chi connectivity index (χ0n) is 8.61. The highest BCUT2D eigenvalue weighted by molar-refractivity contribution is 5.77. The standard InChI is InChI=1S/C10H20N2O2/c11-9(13)5-2-1-3-7-12-8-4-6-10(12)14/h9,13H,1-8,11H2/t9-/m0/s1. The number of amides is 1. The number of nitrogens with zero attached hydrogens (tertiary/aromatic N) is 1. The molecule has 0 aromatic carbocycles. The van der Waals surface area contributed by atoms with Gasteiger partial charge in [-0.05, 0) is 25.7 Å². The second-order valence-electron chi connectivity index (χ2n) is 3.90. The van der Waals surface area contributed by atoms with Crippen LogP contribution in [0.3, 0.4) is 0 Å². The minimum absolute atomic E-state index is 0.295. The third-order valence-corrected chi connectivity index (χ3v) is 2.60. The summed E-state index contributed by atoms with van der Waals surface area (Å²) in [6.07, 6.45) is 4.73. The van der Waals surface area contributed by atoms with Gasteiger partial charge in [0.1, 0.15) is 6.23 Å². The average Bonchev–Trinajstić information content (AvgIpc) is 2.51. The highest BCUT2D eigenvalue weighted by Crippen LogP contribution is 2.11. The maximum atomic E-state index is 11.2. The van der Waals surface area contributed by atoms with Gasteiger partial charge in [-0.25, -0.2) is 0 Å². The minimum atomic E-state index is -0.677. The molecule has 3 N–H and O–H groups in total. The molecule has 14 heavy (non-hydrogen) atoms. The SMILES string of the molecule is N[C@@H](O)CCCCCN1CCCC1=O. The van der Waals surface area contributed by atoms with E-state index in [4.69, 9.17) is 10.8 Å². The summed E-state index contributed by atoms with van der Waals surface area (Å²) in [5.74, 6) is 0.295. The number of hydrogen-bond donors (Lipinski definition) is 2. The number of carbonyl (C=O) groups is 1. The predicted octanol–water partition coefficient (Wildman–Crippen LogP) is 0.446. The van der Waals surface area contributed by atoms with Crippen LogP contribution < -0.4 is 5.73 Å². The number of aliphatic hydroxyl groups is 1. The summed E-state index contributed by atoms with van der Waals surface area (Å²) < 4.78 is 0. The van der Waals surface area contributed by atoms with E-state index in [0.29, 0.717) is 12.3 Å². The largest absolute Gasteiger partial charge is 0.379 e. The van der Waals surface area contributed by atoms with Gasteiger partial charge in [0.15, 0.2) is 0 Å². The van der Waals surface area contributed by atoms with E-state index in [0.717, 1.165) is 45.2 Å². The molecule has 0 aromatic rings. The van der Waals surface area contributed by atoms with Crippen molar-refractivity contribution in [3.63, 3.8) is 0 Å². The Kier molecular flexibility index (Phi) is 4.90. The molecule has 0 bridgehead atoms. The molecule has 4 nitrogen and oxygen atoms in total. The average molecular weight is 200 g/mol. The van der Waals surface area contributed by atoms with Gasteiger partial charge < -0.3 is 15.7 Å². The lowest BCUT2D eigenvalue weighted by Crippen LogP contribution is -2.25. The van der Waals surface area contributed by atoms with Gasteiger partial charge in [0.25, 0.3) is 0 Å². The van der Waals surface area contributed by atoms with Gasteiger partial charge in [-0.2, -0.15) is 0 Å². The Bertz CT molecular complexity index is 183. The fourth-order valence-electron chi connectivity index (χ4n) is 1.77. The molecule has 0 radical (unpaired) electrons. The van der Waals surface area contributed by atoms with E-state index in [1.165, 1.54) is 0 Å². The van der Waals surface area contributed by atoms with Crippen molar-refractivity contribution in [2.45, 2.75) is 44.8 Å². The van der Waals surface area contributed by atoms with Crippen LogP contribution in [0.15, 0.2) is 0 Å². The first-order valence-electron chi connectivity index (χ1n) is 5.41. The van der Waals surface area contributed by atoms with E-state index in [2.05, 4.69) is 0 Å². The normalized spacial score (nSPS) is 19.0. The zero-order chi connectivity index (χ0) is 10.4. The molecule has 0 saturated carbocycles. The van der Waals surface area contributed by atoms with Crippen molar-refractivity contribution in [3.05, 3.63) is 0 Å². The summed E-state index contributed by atoms with van der Waals surface area (Å²) in [7, 11) is 0. The van der Waals surface area contributed by atoms with Crippen LogP contribution >= 0.6 is 0 Å². The number of carbonyl (C=O) groups excluding carboxylic acids is 1. The summed E-state index contributed by atoms with van der Waals surface area (Å²) in [6.45, 7) is 1.80. The van der Waals surface area contributed by atoms with Crippen molar-refractivity contribution in [2.75, 3.05) is 13.1 Å². The van der Waals surface area contributed by atoms with Gasteiger partial charge in [-0.3, -0.25) is 4.79 Å². The van der Waals surface area contributed by atoms with Gasteiger partial charge in [0.05, 0.1) is 0 Å². The second kappa shape index (κ2) is 5.98. The Morgan fingerprint density at radius 1 is 1.43 bits per heavy atom. The van der Waals surface area contributed by atoms with Crippen molar-refractivity contribution in [3.8, 4) is 0 Å².